The monoisotopic (exact) mass is 336 g/mol. The van der Waals surface area contributed by atoms with Gasteiger partial charge < -0.3 is 5.32 Å². The summed E-state index contributed by atoms with van der Waals surface area (Å²) in [6.45, 7) is 4.79. The van der Waals surface area contributed by atoms with E-state index in [-0.39, 0.29) is 0 Å². The van der Waals surface area contributed by atoms with Gasteiger partial charge >= 0.3 is 0 Å². The molecule has 3 aromatic rings. The maximum Gasteiger partial charge on any atom is 0.194 e. The number of aryl methyl sites for hydroxylation is 2. The average Bonchev–Trinajstić information content (AvgIpc) is 2.90. The summed E-state index contributed by atoms with van der Waals surface area (Å²) >= 11 is 5.03. The van der Waals surface area contributed by atoms with Gasteiger partial charge in [-0.15, -0.1) is 11.3 Å². The van der Waals surface area contributed by atoms with Gasteiger partial charge in [0.05, 0.1) is 29.3 Å². The molecule has 0 saturated heterocycles. The highest BCUT2D eigenvalue weighted by Crippen LogP contribution is 2.20. The van der Waals surface area contributed by atoms with Crippen LogP contribution in [-0.2, 0) is 6.54 Å². The van der Waals surface area contributed by atoms with Crippen LogP contribution in [0.4, 0.5) is 5.69 Å². The number of thiazole rings is 1. The fourth-order valence-corrected chi connectivity index (χ4v) is 3.23. The van der Waals surface area contributed by atoms with Gasteiger partial charge in [0.25, 0.3) is 0 Å². The van der Waals surface area contributed by atoms with Crippen molar-refractivity contribution in [1.82, 2.24) is 14.4 Å². The first kappa shape index (κ1) is 12.6. The minimum Gasteiger partial charge on any atom is -0.378 e. The minimum atomic E-state index is 0.744. The van der Waals surface area contributed by atoms with Crippen molar-refractivity contribution in [2.24, 2.45) is 0 Å². The molecule has 19 heavy (non-hydrogen) atoms. The standard InChI is InChI=1S/C13H13BrN4S/c1-8-10(3-4-12(14)16-8)15-7-11-9(2)17-13-18(11)5-6-19-13/h3-6,15H,7H2,1-2H3. The van der Waals surface area contributed by atoms with Crippen LogP contribution < -0.4 is 5.32 Å². The predicted molar refractivity (Wildman–Crippen MR) is 81.8 cm³/mol. The topological polar surface area (TPSA) is 42.2 Å². The molecule has 0 saturated carbocycles. The van der Waals surface area contributed by atoms with E-state index in [4.69, 9.17) is 0 Å². The van der Waals surface area contributed by atoms with Crippen LogP contribution in [-0.4, -0.2) is 14.4 Å². The summed E-state index contributed by atoms with van der Waals surface area (Å²) in [4.78, 5) is 9.96. The zero-order chi connectivity index (χ0) is 13.4. The summed E-state index contributed by atoms with van der Waals surface area (Å²) in [5, 5.41) is 5.48. The molecule has 0 atom stereocenters. The predicted octanol–water partition coefficient (Wildman–Crippen LogP) is 3.78. The molecule has 0 radical (unpaired) electrons. The third-order valence-electron chi connectivity index (χ3n) is 3.06. The maximum absolute atomic E-state index is 4.54. The number of hydrogen-bond acceptors (Lipinski definition) is 4. The second kappa shape index (κ2) is 4.94. The molecule has 0 fully saturated rings. The lowest BCUT2D eigenvalue weighted by atomic mass is 10.3. The van der Waals surface area contributed by atoms with Crippen LogP contribution in [0.1, 0.15) is 17.1 Å². The molecule has 0 bridgehead atoms. The number of rotatable bonds is 3. The fourth-order valence-electron chi connectivity index (χ4n) is 2.05. The van der Waals surface area contributed by atoms with E-state index in [2.05, 4.69) is 47.2 Å². The molecule has 3 heterocycles. The van der Waals surface area contributed by atoms with Crippen LogP contribution in [0.25, 0.3) is 4.96 Å². The number of hydrogen-bond donors (Lipinski definition) is 1. The van der Waals surface area contributed by atoms with Gasteiger partial charge in [0, 0.05) is 11.6 Å². The van der Waals surface area contributed by atoms with Gasteiger partial charge in [-0.05, 0) is 41.9 Å². The van der Waals surface area contributed by atoms with Crippen molar-refractivity contribution < 1.29 is 0 Å². The largest absolute Gasteiger partial charge is 0.378 e. The number of nitrogens with zero attached hydrogens (tertiary/aromatic N) is 3. The molecule has 0 spiro atoms. The number of nitrogens with one attached hydrogen (secondary N) is 1. The third-order valence-corrected chi connectivity index (χ3v) is 4.26. The fraction of sp³-hybridized carbons (Fsp3) is 0.231. The molecule has 0 aliphatic rings. The molecule has 0 aliphatic heterocycles. The van der Waals surface area contributed by atoms with Crippen molar-refractivity contribution >= 4 is 37.9 Å². The Balaban J connectivity index is 1.85. The lowest BCUT2D eigenvalue weighted by molar-refractivity contribution is 0.986. The molecule has 0 aliphatic carbocycles. The number of anilines is 1. The molecule has 3 aromatic heterocycles. The summed E-state index contributed by atoms with van der Waals surface area (Å²) in [6, 6.07) is 3.98. The van der Waals surface area contributed by atoms with Gasteiger partial charge in [0.2, 0.25) is 0 Å². The maximum atomic E-state index is 4.54. The van der Waals surface area contributed by atoms with Gasteiger partial charge in [-0.1, -0.05) is 0 Å². The van der Waals surface area contributed by atoms with Crippen molar-refractivity contribution in [3.05, 3.63) is 45.4 Å². The molecule has 4 nitrogen and oxygen atoms in total. The van der Waals surface area contributed by atoms with E-state index in [1.807, 2.05) is 26.0 Å². The Morgan fingerprint density at radius 1 is 1.26 bits per heavy atom. The lowest BCUT2D eigenvalue weighted by Gasteiger charge is -2.09. The normalized spacial score (nSPS) is 11.1. The average molecular weight is 337 g/mol. The second-order valence-electron chi connectivity index (χ2n) is 4.32. The van der Waals surface area contributed by atoms with Crippen molar-refractivity contribution in [1.29, 1.82) is 0 Å². The number of aromatic nitrogens is 3. The molecule has 1 N–H and O–H groups in total. The molecule has 3 rings (SSSR count). The van der Waals surface area contributed by atoms with Crippen LogP contribution in [0.5, 0.6) is 0 Å². The molecule has 0 aromatic carbocycles. The zero-order valence-electron chi connectivity index (χ0n) is 10.6. The summed E-state index contributed by atoms with van der Waals surface area (Å²) in [6.07, 6.45) is 2.06. The smallest absolute Gasteiger partial charge is 0.194 e. The van der Waals surface area contributed by atoms with Crippen LogP contribution in [0, 0.1) is 13.8 Å². The summed E-state index contributed by atoms with van der Waals surface area (Å²) in [5.74, 6) is 0. The van der Waals surface area contributed by atoms with E-state index < -0.39 is 0 Å². The number of imidazole rings is 1. The van der Waals surface area contributed by atoms with Gasteiger partial charge in [0.1, 0.15) is 4.60 Å². The van der Waals surface area contributed by atoms with Crippen LogP contribution in [0.15, 0.2) is 28.3 Å². The molecule has 0 unspecified atom stereocenters. The Labute approximate surface area is 123 Å². The van der Waals surface area contributed by atoms with E-state index in [1.165, 1.54) is 5.69 Å². The van der Waals surface area contributed by atoms with Gasteiger partial charge in [0.15, 0.2) is 4.96 Å². The molecule has 6 heteroatoms. The van der Waals surface area contributed by atoms with Gasteiger partial charge in [-0.3, -0.25) is 4.40 Å². The molecular formula is C13H13BrN4S. The first-order chi connectivity index (χ1) is 9.15. The molecular weight excluding hydrogens is 324 g/mol. The van der Waals surface area contributed by atoms with Crippen molar-refractivity contribution in [3.63, 3.8) is 0 Å². The van der Waals surface area contributed by atoms with E-state index in [1.54, 1.807) is 11.3 Å². The highest BCUT2D eigenvalue weighted by atomic mass is 79.9. The Kier molecular flexibility index (Phi) is 3.28. The van der Waals surface area contributed by atoms with Crippen LogP contribution >= 0.6 is 27.3 Å². The van der Waals surface area contributed by atoms with E-state index in [0.717, 1.165) is 33.2 Å². The van der Waals surface area contributed by atoms with Crippen LogP contribution in [0.2, 0.25) is 0 Å². The number of halogens is 1. The SMILES string of the molecule is Cc1nc(Br)ccc1NCc1c(C)nc2sccn12. The minimum absolute atomic E-state index is 0.744. The van der Waals surface area contributed by atoms with E-state index >= 15 is 0 Å². The second-order valence-corrected chi connectivity index (χ2v) is 6.01. The zero-order valence-corrected chi connectivity index (χ0v) is 13.0. The Morgan fingerprint density at radius 2 is 2.11 bits per heavy atom. The Bertz CT molecular complexity index is 731. The third kappa shape index (κ3) is 2.37. The number of fused-ring (bicyclic) bond motifs is 1. The Hall–Kier alpha value is -1.40. The highest BCUT2D eigenvalue weighted by Gasteiger charge is 2.09. The van der Waals surface area contributed by atoms with Crippen molar-refractivity contribution in [2.45, 2.75) is 20.4 Å². The van der Waals surface area contributed by atoms with Crippen LogP contribution in [0.3, 0.4) is 0 Å². The summed E-state index contributed by atoms with van der Waals surface area (Å²) in [7, 11) is 0. The highest BCUT2D eigenvalue weighted by molar-refractivity contribution is 9.10. The first-order valence-corrected chi connectivity index (χ1v) is 7.60. The first-order valence-electron chi connectivity index (χ1n) is 5.93. The van der Waals surface area contributed by atoms with E-state index in [9.17, 15) is 0 Å². The van der Waals surface area contributed by atoms with Crippen molar-refractivity contribution in [2.75, 3.05) is 5.32 Å². The molecule has 98 valence electrons. The number of pyridine rings is 1. The summed E-state index contributed by atoms with van der Waals surface area (Å²) < 4.78 is 2.99. The molecule has 0 amide bonds. The van der Waals surface area contributed by atoms with Gasteiger partial charge in [-0.25, -0.2) is 9.97 Å². The lowest BCUT2D eigenvalue weighted by Crippen LogP contribution is -2.05. The van der Waals surface area contributed by atoms with Gasteiger partial charge in [-0.2, -0.15) is 0 Å². The summed E-state index contributed by atoms with van der Waals surface area (Å²) in [5.41, 5.74) is 4.30. The quantitative estimate of drug-likeness (QED) is 0.740. The van der Waals surface area contributed by atoms with Crippen molar-refractivity contribution in [3.8, 4) is 0 Å². The van der Waals surface area contributed by atoms with E-state index in [0.29, 0.717) is 0 Å². The Morgan fingerprint density at radius 3 is 2.89 bits per heavy atom.